The van der Waals surface area contributed by atoms with Crippen molar-refractivity contribution in [2.24, 2.45) is 0 Å². The van der Waals surface area contributed by atoms with Crippen LogP contribution in [0.5, 0.6) is 0 Å². The van der Waals surface area contributed by atoms with Gasteiger partial charge in [0.05, 0.1) is 13.1 Å². The second kappa shape index (κ2) is 7.14. The zero-order valence-corrected chi connectivity index (χ0v) is 13.9. The molecule has 0 saturated heterocycles. The molecule has 0 spiro atoms. The average molecular weight is 332 g/mol. The van der Waals surface area contributed by atoms with Crippen molar-refractivity contribution < 1.29 is 9.90 Å². The first-order chi connectivity index (χ1) is 11.1. The Kier molecular flexibility index (Phi) is 4.97. The van der Waals surface area contributed by atoms with Crippen LogP contribution >= 0.6 is 11.8 Å². The summed E-state index contributed by atoms with van der Waals surface area (Å²) in [4.78, 5) is 13.5. The number of aromatic nitrogens is 3. The summed E-state index contributed by atoms with van der Waals surface area (Å²) in [6, 6.07) is 9.80. The maximum atomic E-state index is 11.6. The second-order valence-corrected chi connectivity index (χ2v) is 6.74. The highest BCUT2D eigenvalue weighted by atomic mass is 32.2. The van der Waals surface area contributed by atoms with E-state index in [1.807, 2.05) is 46.4 Å². The minimum absolute atomic E-state index is 0.423. The molecule has 0 aliphatic carbocycles. The summed E-state index contributed by atoms with van der Waals surface area (Å²) >= 11 is 1.82. The molecule has 0 amide bonds. The Bertz CT molecular complexity index is 674. The molecule has 122 valence electrons. The van der Waals surface area contributed by atoms with Crippen LogP contribution in [0.25, 0.3) is 0 Å². The van der Waals surface area contributed by atoms with Gasteiger partial charge in [-0.15, -0.1) is 10.2 Å². The lowest BCUT2D eigenvalue weighted by Crippen LogP contribution is -2.48. The molecule has 23 heavy (non-hydrogen) atoms. The summed E-state index contributed by atoms with van der Waals surface area (Å²) in [5.41, 5.74) is 1.29. The predicted octanol–water partition coefficient (Wildman–Crippen LogP) is 1.79. The minimum atomic E-state index is -0.781. The smallest absolute Gasteiger partial charge is 0.322 e. The summed E-state index contributed by atoms with van der Waals surface area (Å²) in [5.74, 6) is 2.70. The maximum absolute atomic E-state index is 11.6. The SMILES string of the molecule is Cc1nnc2n1CC(C(=O)O)N(CCSCc1ccccc1)C2. The number of hydrogen-bond acceptors (Lipinski definition) is 5. The van der Waals surface area contributed by atoms with Gasteiger partial charge >= 0.3 is 5.97 Å². The molecule has 3 rings (SSSR count). The molecule has 1 aliphatic rings. The Morgan fingerprint density at radius 2 is 2.13 bits per heavy atom. The second-order valence-electron chi connectivity index (χ2n) is 5.64. The van der Waals surface area contributed by atoms with Gasteiger partial charge in [0.25, 0.3) is 0 Å². The Labute approximate surface area is 139 Å². The highest BCUT2D eigenvalue weighted by molar-refractivity contribution is 7.98. The summed E-state index contributed by atoms with van der Waals surface area (Å²) in [6.07, 6.45) is 0. The number of benzene rings is 1. The molecule has 2 heterocycles. The van der Waals surface area contributed by atoms with Gasteiger partial charge in [0.15, 0.2) is 0 Å². The standard InChI is InChI=1S/C16H20N4O2S/c1-12-17-18-15-10-19(14(16(21)22)9-20(12)15)7-8-23-11-13-5-3-2-4-6-13/h2-6,14H,7-11H2,1H3,(H,21,22). The van der Waals surface area contributed by atoms with Gasteiger partial charge in [-0.2, -0.15) is 11.8 Å². The van der Waals surface area contributed by atoms with Crippen LogP contribution in [0.3, 0.4) is 0 Å². The fourth-order valence-electron chi connectivity index (χ4n) is 2.77. The number of thioether (sulfide) groups is 1. The van der Waals surface area contributed by atoms with Gasteiger partial charge in [0.2, 0.25) is 0 Å². The topological polar surface area (TPSA) is 71.2 Å². The molecule has 0 radical (unpaired) electrons. The number of aliphatic carboxylic acids is 1. The number of nitrogens with zero attached hydrogens (tertiary/aromatic N) is 4. The first-order valence-electron chi connectivity index (χ1n) is 7.62. The summed E-state index contributed by atoms with van der Waals surface area (Å²) in [6.45, 7) is 3.57. The molecule has 2 aromatic rings. The van der Waals surface area contributed by atoms with Crippen molar-refractivity contribution in [3.8, 4) is 0 Å². The molecule has 0 bridgehead atoms. The van der Waals surface area contributed by atoms with E-state index >= 15 is 0 Å². The lowest BCUT2D eigenvalue weighted by atomic mass is 10.2. The molecule has 1 aliphatic heterocycles. The Balaban J connectivity index is 1.56. The highest BCUT2D eigenvalue weighted by Gasteiger charge is 2.32. The number of hydrogen-bond donors (Lipinski definition) is 1. The molecular weight excluding hydrogens is 312 g/mol. The van der Waals surface area contributed by atoms with Crippen LogP contribution in [0.1, 0.15) is 17.2 Å². The normalized spacial score (nSPS) is 17.9. The number of carboxylic acids is 1. The largest absolute Gasteiger partial charge is 0.480 e. The van der Waals surface area contributed by atoms with E-state index in [9.17, 15) is 9.90 Å². The van der Waals surface area contributed by atoms with Crippen LogP contribution in [-0.4, -0.2) is 49.1 Å². The van der Waals surface area contributed by atoms with E-state index in [0.29, 0.717) is 13.1 Å². The number of rotatable bonds is 6. The zero-order chi connectivity index (χ0) is 16.2. The molecule has 1 aromatic carbocycles. The van der Waals surface area contributed by atoms with Gasteiger partial charge in [-0.05, 0) is 12.5 Å². The molecule has 1 atom stereocenters. The van der Waals surface area contributed by atoms with Crippen molar-refractivity contribution in [2.45, 2.75) is 31.8 Å². The monoisotopic (exact) mass is 332 g/mol. The highest BCUT2D eigenvalue weighted by Crippen LogP contribution is 2.19. The van der Waals surface area contributed by atoms with Crippen molar-refractivity contribution in [3.63, 3.8) is 0 Å². The lowest BCUT2D eigenvalue weighted by Gasteiger charge is -2.33. The van der Waals surface area contributed by atoms with Gasteiger partial charge in [0, 0.05) is 18.1 Å². The van der Waals surface area contributed by atoms with Gasteiger partial charge in [0.1, 0.15) is 17.7 Å². The van der Waals surface area contributed by atoms with Crippen LogP contribution in [0.15, 0.2) is 30.3 Å². The van der Waals surface area contributed by atoms with E-state index in [0.717, 1.165) is 29.7 Å². The van der Waals surface area contributed by atoms with Crippen molar-refractivity contribution in [1.82, 2.24) is 19.7 Å². The number of fused-ring (bicyclic) bond motifs is 1. The lowest BCUT2D eigenvalue weighted by molar-refractivity contribution is -0.144. The van der Waals surface area contributed by atoms with Crippen LogP contribution in [0.4, 0.5) is 0 Å². The molecule has 1 unspecified atom stereocenters. The minimum Gasteiger partial charge on any atom is -0.480 e. The Morgan fingerprint density at radius 1 is 1.35 bits per heavy atom. The van der Waals surface area contributed by atoms with E-state index in [-0.39, 0.29) is 0 Å². The summed E-state index contributed by atoms with van der Waals surface area (Å²) in [7, 11) is 0. The van der Waals surface area contributed by atoms with Crippen molar-refractivity contribution >= 4 is 17.7 Å². The van der Waals surface area contributed by atoms with E-state index in [2.05, 4.69) is 22.3 Å². The van der Waals surface area contributed by atoms with Gasteiger partial charge in [-0.25, -0.2) is 0 Å². The molecule has 0 fully saturated rings. The average Bonchev–Trinajstić information content (AvgIpc) is 2.92. The van der Waals surface area contributed by atoms with E-state index < -0.39 is 12.0 Å². The van der Waals surface area contributed by atoms with Gasteiger partial charge in [-0.1, -0.05) is 30.3 Å². The molecule has 7 heteroatoms. The van der Waals surface area contributed by atoms with Gasteiger partial charge < -0.3 is 9.67 Å². The number of carboxylic acid groups (broad SMARTS) is 1. The van der Waals surface area contributed by atoms with Crippen LogP contribution in [-0.2, 0) is 23.6 Å². The van der Waals surface area contributed by atoms with E-state index in [4.69, 9.17) is 0 Å². The fraction of sp³-hybridized carbons (Fsp3) is 0.438. The molecule has 1 aromatic heterocycles. The Morgan fingerprint density at radius 3 is 2.87 bits per heavy atom. The van der Waals surface area contributed by atoms with Crippen LogP contribution in [0.2, 0.25) is 0 Å². The predicted molar refractivity (Wildman–Crippen MR) is 89.2 cm³/mol. The zero-order valence-electron chi connectivity index (χ0n) is 13.1. The van der Waals surface area contributed by atoms with E-state index in [1.54, 1.807) is 0 Å². The van der Waals surface area contributed by atoms with E-state index in [1.165, 1.54) is 5.56 Å². The molecule has 1 N–H and O–H groups in total. The quantitative estimate of drug-likeness (QED) is 0.813. The Hall–Kier alpha value is -1.86. The summed E-state index contributed by atoms with van der Waals surface area (Å²) in [5, 5.41) is 17.7. The molecular formula is C16H20N4O2S. The number of aryl methyl sites for hydroxylation is 1. The number of carbonyl (C=O) groups is 1. The van der Waals surface area contributed by atoms with Crippen LogP contribution < -0.4 is 0 Å². The maximum Gasteiger partial charge on any atom is 0.322 e. The van der Waals surface area contributed by atoms with Gasteiger partial charge in [-0.3, -0.25) is 9.69 Å². The first kappa shape index (κ1) is 16.0. The molecule has 6 nitrogen and oxygen atoms in total. The van der Waals surface area contributed by atoms with Crippen molar-refractivity contribution in [1.29, 1.82) is 0 Å². The molecule has 0 saturated carbocycles. The third-order valence-electron chi connectivity index (χ3n) is 4.07. The van der Waals surface area contributed by atoms with Crippen molar-refractivity contribution in [2.75, 3.05) is 12.3 Å². The third-order valence-corrected chi connectivity index (χ3v) is 5.08. The fourth-order valence-corrected chi connectivity index (χ4v) is 3.71. The first-order valence-corrected chi connectivity index (χ1v) is 8.78. The van der Waals surface area contributed by atoms with Crippen molar-refractivity contribution in [3.05, 3.63) is 47.5 Å². The van der Waals surface area contributed by atoms with Crippen LogP contribution in [0, 0.1) is 6.92 Å². The summed E-state index contributed by atoms with van der Waals surface area (Å²) < 4.78 is 1.91. The third kappa shape index (κ3) is 3.73.